The van der Waals surface area contributed by atoms with Crippen LogP contribution < -0.4 is 5.73 Å². The van der Waals surface area contributed by atoms with E-state index in [4.69, 9.17) is 15.2 Å². The second-order valence-electron chi connectivity index (χ2n) is 7.68. The van der Waals surface area contributed by atoms with Gasteiger partial charge >= 0.3 is 0 Å². The molecular weight excluding hydrogens is 366 g/mol. The highest BCUT2D eigenvalue weighted by molar-refractivity contribution is 5.99. The Morgan fingerprint density at radius 3 is 2.72 bits per heavy atom. The number of pyridine rings is 1. The van der Waals surface area contributed by atoms with Gasteiger partial charge in [0.2, 0.25) is 0 Å². The van der Waals surface area contributed by atoms with Gasteiger partial charge in [-0.15, -0.1) is 0 Å². The normalized spacial score (nSPS) is 18.8. The lowest BCUT2D eigenvalue weighted by atomic mass is 10.00. The number of carbonyl (C=O) groups excluding carboxylic acids is 1. The maximum Gasteiger partial charge on any atom is 0.254 e. The Balaban J connectivity index is 1.52. The van der Waals surface area contributed by atoms with Crippen LogP contribution in [0, 0.1) is 6.92 Å². The Kier molecular flexibility index (Phi) is 4.45. The topological polar surface area (TPSA) is 77.7 Å². The molecule has 0 aliphatic carbocycles. The van der Waals surface area contributed by atoms with Crippen LogP contribution in [0.5, 0.6) is 0 Å². The third-order valence-electron chi connectivity index (χ3n) is 5.83. The largest absolute Gasteiger partial charge is 0.383 e. The van der Waals surface area contributed by atoms with E-state index in [0.29, 0.717) is 44.4 Å². The van der Waals surface area contributed by atoms with Gasteiger partial charge in [0.15, 0.2) is 0 Å². The lowest BCUT2D eigenvalue weighted by Crippen LogP contribution is -2.43. The SMILES string of the molecule is Cc1ccc([C@H]2COCCN2C(=O)c2ccc3nc(N)c4c(c3c2)COC4)cc1. The fourth-order valence-corrected chi connectivity index (χ4v) is 4.18. The highest BCUT2D eigenvalue weighted by Crippen LogP contribution is 2.33. The molecule has 0 saturated carbocycles. The quantitative estimate of drug-likeness (QED) is 0.727. The third kappa shape index (κ3) is 3.14. The molecule has 2 aliphatic rings. The molecule has 1 saturated heterocycles. The summed E-state index contributed by atoms with van der Waals surface area (Å²) in [6, 6.07) is 13.8. The second kappa shape index (κ2) is 7.13. The average Bonchev–Trinajstić information content (AvgIpc) is 3.25. The molecular formula is C23H23N3O3. The number of benzene rings is 2. The van der Waals surface area contributed by atoms with Gasteiger partial charge in [0.05, 0.1) is 38.0 Å². The molecule has 2 N–H and O–H groups in total. The number of ether oxygens (including phenoxy) is 2. The number of fused-ring (bicyclic) bond motifs is 3. The summed E-state index contributed by atoms with van der Waals surface area (Å²) < 4.78 is 11.3. The van der Waals surface area contributed by atoms with E-state index in [-0.39, 0.29) is 11.9 Å². The molecule has 1 atom stereocenters. The molecule has 0 bridgehead atoms. The zero-order chi connectivity index (χ0) is 20.0. The first kappa shape index (κ1) is 18.1. The van der Waals surface area contributed by atoms with E-state index in [1.807, 2.05) is 23.1 Å². The van der Waals surface area contributed by atoms with Crippen LogP contribution in [0.25, 0.3) is 10.9 Å². The van der Waals surface area contributed by atoms with Gasteiger partial charge in [-0.2, -0.15) is 0 Å². The number of rotatable bonds is 2. The van der Waals surface area contributed by atoms with Crippen molar-refractivity contribution < 1.29 is 14.3 Å². The highest BCUT2D eigenvalue weighted by atomic mass is 16.5. The lowest BCUT2D eigenvalue weighted by Gasteiger charge is -2.36. The summed E-state index contributed by atoms with van der Waals surface area (Å²) in [5.74, 6) is 0.516. The number of hydrogen-bond acceptors (Lipinski definition) is 5. The zero-order valence-electron chi connectivity index (χ0n) is 16.4. The van der Waals surface area contributed by atoms with Crippen LogP contribution in [0.15, 0.2) is 42.5 Å². The Morgan fingerprint density at radius 1 is 1.10 bits per heavy atom. The van der Waals surface area contributed by atoms with Gasteiger partial charge in [0, 0.05) is 23.1 Å². The van der Waals surface area contributed by atoms with E-state index < -0.39 is 0 Å². The predicted octanol–water partition coefficient (Wildman–Crippen LogP) is 3.37. The first-order valence-corrected chi connectivity index (χ1v) is 9.86. The molecule has 0 spiro atoms. The van der Waals surface area contributed by atoms with Crippen molar-refractivity contribution >= 4 is 22.6 Å². The third-order valence-corrected chi connectivity index (χ3v) is 5.83. The molecule has 6 nitrogen and oxygen atoms in total. The van der Waals surface area contributed by atoms with E-state index in [0.717, 1.165) is 27.6 Å². The Labute approximate surface area is 169 Å². The van der Waals surface area contributed by atoms with Crippen LogP contribution in [-0.4, -0.2) is 35.5 Å². The van der Waals surface area contributed by atoms with Crippen LogP contribution in [0.1, 0.15) is 38.7 Å². The molecule has 3 aromatic rings. The van der Waals surface area contributed by atoms with Crippen LogP contribution >= 0.6 is 0 Å². The van der Waals surface area contributed by atoms with Crippen molar-refractivity contribution in [3.05, 3.63) is 70.3 Å². The minimum atomic E-state index is -0.0915. The zero-order valence-corrected chi connectivity index (χ0v) is 16.4. The van der Waals surface area contributed by atoms with Crippen LogP contribution in [0.2, 0.25) is 0 Å². The number of nitrogens with zero attached hydrogens (tertiary/aromatic N) is 2. The van der Waals surface area contributed by atoms with Crippen molar-refractivity contribution in [1.82, 2.24) is 9.88 Å². The van der Waals surface area contributed by atoms with E-state index in [1.54, 1.807) is 0 Å². The fourth-order valence-electron chi connectivity index (χ4n) is 4.18. The number of carbonyl (C=O) groups is 1. The standard InChI is InChI=1S/C23H23N3O3/c1-14-2-4-15(5-3-14)21-13-28-9-8-26(21)23(27)16-6-7-20-17(10-16)18-11-29-12-19(18)22(24)25-20/h2-7,10,21H,8-9,11-13H2,1H3,(H2,24,25)/t21-/m1/s1. The predicted molar refractivity (Wildman–Crippen MR) is 110 cm³/mol. The molecule has 1 aromatic heterocycles. The molecule has 148 valence electrons. The number of aryl methyl sites for hydroxylation is 1. The van der Waals surface area contributed by atoms with E-state index >= 15 is 0 Å². The Morgan fingerprint density at radius 2 is 1.90 bits per heavy atom. The molecule has 3 heterocycles. The van der Waals surface area contributed by atoms with Gasteiger partial charge in [-0.05, 0) is 36.2 Å². The van der Waals surface area contributed by atoms with E-state index in [2.05, 4.69) is 36.2 Å². The summed E-state index contributed by atoms with van der Waals surface area (Å²) >= 11 is 0. The Hall–Kier alpha value is -2.96. The van der Waals surface area contributed by atoms with Gasteiger partial charge in [-0.1, -0.05) is 29.8 Å². The minimum absolute atomic E-state index is 0.00488. The summed E-state index contributed by atoms with van der Waals surface area (Å²) in [7, 11) is 0. The summed E-state index contributed by atoms with van der Waals surface area (Å²) in [5.41, 5.74) is 11.8. The van der Waals surface area contributed by atoms with Crippen LogP contribution in [0.4, 0.5) is 5.82 Å². The minimum Gasteiger partial charge on any atom is -0.383 e. The van der Waals surface area contributed by atoms with Gasteiger partial charge < -0.3 is 20.1 Å². The molecule has 5 rings (SSSR count). The maximum atomic E-state index is 13.5. The Bertz CT molecular complexity index is 1090. The second-order valence-corrected chi connectivity index (χ2v) is 7.68. The molecule has 0 unspecified atom stereocenters. The van der Waals surface area contributed by atoms with Gasteiger partial charge in [-0.25, -0.2) is 4.98 Å². The number of morpholine rings is 1. The summed E-state index contributed by atoms with van der Waals surface area (Å²) in [6.07, 6.45) is 0. The van der Waals surface area contributed by atoms with Crippen molar-refractivity contribution in [3.8, 4) is 0 Å². The van der Waals surface area contributed by atoms with Gasteiger partial charge in [0.1, 0.15) is 5.82 Å². The maximum absolute atomic E-state index is 13.5. The van der Waals surface area contributed by atoms with Crippen molar-refractivity contribution in [2.45, 2.75) is 26.2 Å². The smallest absolute Gasteiger partial charge is 0.254 e. The lowest BCUT2D eigenvalue weighted by molar-refractivity contribution is -0.00269. The monoisotopic (exact) mass is 389 g/mol. The molecule has 1 fully saturated rings. The van der Waals surface area contributed by atoms with Crippen molar-refractivity contribution in [3.63, 3.8) is 0 Å². The van der Waals surface area contributed by atoms with Crippen LogP contribution in [-0.2, 0) is 22.7 Å². The van der Waals surface area contributed by atoms with Crippen molar-refractivity contribution in [2.24, 2.45) is 0 Å². The summed E-state index contributed by atoms with van der Waals surface area (Å²) in [4.78, 5) is 19.9. The van der Waals surface area contributed by atoms with E-state index in [9.17, 15) is 4.79 Å². The van der Waals surface area contributed by atoms with Gasteiger partial charge in [-0.3, -0.25) is 4.79 Å². The highest BCUT2D eigenvalue weighted by Gasteiger charge is 2.30. The first-order valence-electron chi connectivity index (χ1n) is 9.86. The molecule has 2 aliphatic heterocycles. The first-order chi connectivity index (χ1) is 14.1. The number of nitrogen functional groups attached to an aromatic ring is 1. The molecule has 1 amide bonds. The van der Waals surface area contributed by atoms with Crippen molar-refractivity contribution in [1.29, 1.82) is 0 Å². The number of anilines is 1. The average molecular weight is 389 g/mol. The fraction of sp³-hybridized carbons (Fsp3) is 0.304. The van der Waals surface area contributed by atoms with Crippen LogP contribution in [0.3, 0.4) is 0 Å². The van der Waals surface area contributed by atoms with E-state index in [1.165, 1.54) is 5.56 Å². The van der Waals surface area contributed by atoms with Gasteiger partial charge in [0.25, 0.3) is 5.91 Å². The molecule has 29 heavy (non-hydrogen) atoms. The molecule has 0 radical (unpaired) electrons. The van der Waals surface area contributed by atoms with Crippen molar-refractivity contribution in [2.75, 3.05) is 25.5 Å². The number of nitrogens with two attached hydrogens (primary N) is 1. The summed E-state index contributed by atoms with van der Waals surface area (Å²) in [5, 5.41) is 0.942. The summed E-state index contributed by atoms with van der Waals surface area (Å²) in [6.45, 7) is 4.65. The molecule has 2 aromatic carbocycles. The number of amides is 1. The number of hydrogen-bond donors (Lipinski definition) is 1. The number of aromatic nitrogens is 1. The molecule has 6 heteroatoms.